The molecule has 0 amide bonds. The average molecular weight is 291 g/mol. The highest BCUT2D eigenvalue weighted by atomic mass is 28.4. The molecule has 0 aliphatic heterocycles. The van der Waals surface area contributed by atoms with Gasteiger partial charge in [0.2, 0.25) is 0 Å². The number of rotatable bonds is 7. The fraction of sp³-hybridized carbons (Fsp3) is 0.750. The molecule has 0 spiro atoms. The third-order valence-corrected chi connectivity index (χ3v) is 5.70. The molecule has 18 heavy (non-hydrogen) atoms. The van der Waals surface area contributed by atoms with Crippen LogP contribution in [-0.4, -0.2) is 29.1 Å². The number of carbonyl (C=O) groups excluding carboxylic acids is 1. The molecule has 0 heterocycles. The van der Waals surface area contributed by atoms with Crippen LogP contribution >= 0.6 is 0 Å². The van der Waals surface area contributed by atoms with Crippen LogP contribution in [0.2, 0.25) is 38.8 Å². The molecular formula is C12H26O4Si2. The Morgan fingerprint density at radius 3 is 2.00 bits per heavy atom. The second-order valence-corrected chi connectivity index (χ2v) is 14.9. The Balaban J connectivity index is 4.73. The van der Waals surface area contributed by atoms with E-state index in [-0.39, 0.29) is 0 Å². The molecule has 0 aromatic carbocycles. The summed E-state index contributed by atoms with van der Waals surface area (Å²) in [6, 6.07) is 0.934. The quantitative estimate of drug-likeness (QED) is 0.312. The number of esters is 1. The molecule has 1 unspecified atom stereocenters. The smallest absolute Gasteiger partial charge is 0.337 e. The van der Waals surface area contributed by atoms with Gasteiger partial charge in [-0.15, -0.1) is 0 Å². The summed E-state index contributed by atoms with van der Waals surface area (Å²) in [5.74, 6) is -0.473. The van der Waals surface area contributed by atoms with Crippen molar-refractivity contribution >= 4 is 22.6 Å². The summed E-state index contributed by atoms with van der Waals surface area (Å²) in [5, 5.41) is 0. The number of hydrogen-bond acceptors (Lipinski definition) is 4. The van der Waals surface area contributed by atoms with Crippen molar-refractivity contribution in [1.82, 2.24) is 0 Å². The predicted octanol–water partition coefficient (Wildman–Crippen LogP) is 3.48. The fourth-order valence-electron chi connectivity index (χ4n) is 0.893. The minimum absolute atomic E-state index is 0.346. The van der Waals surface area contributed by atoms with Crippen molar-refractivity contribution in [1.29, 1.82) is 0 Å². The van der Waals surface area contributed by atoms with E-state index in [1.807, 2.05) is 19.6 Å². The zero-order valence-corrected chi connectivity index (χ0v) is 14.6. The van der Waals surface area contributed by atoms with E-state index in [9.17, 15) is 4.79 Å². The van der Waals surface area contributed by atoms with Crippen LogP contribution in [0, 0.1) is 0 Å². The molecule has 1 atom stereocenters. The highest BCUT2D eigenvalue weighted by Crippen LogP contribution is 2.18. The maximum atomic E-state index is 11.6. The highest BCUT2D eigenvalue weighted by molar-refractivity contribution is 6.71. The Hall–Kier alpha value is -0.436. The Bertz CT molecular complexity index is 308. The summed E-state index contributed by atoms with van der Waals surface area (Å²) < 4.78 is 16.8. The van der Waals surface area contributed by atoms with Crippen molar-refractivity contribution in [2.45, 2.75) is 59.1 Å². The minimum Gasteiger partial charge on any atom is -0.409 e. The van der Waals surface area contributed by atoms with E-state index in [1.54, 1.807) is 6.92 Å². The van der Waals surface area contributed by atoms with Gasteiger partial charge in [0.25, 0.3) is 6.48 Å². The molecule has 0 aliphatic carbocycles. The van der Waals surface area contributed by atoms with E-state index in [4.69, 9.17) is 13.6 Å². The van der Waals surface area contributed by atoms with Gasteiger partial charge in [0.15, 0.2) is 16.6 Å². The molecule has 0 N–H and O–H groups in total. The maximum absolute atomic E-state index is 11.6. The molecule has 0 fully saturated rings. The zero-order chi connectivity index (χ0) is 14.6. The molecule has 0 bridgehead atoms. The molecule has 4 nitrogen and oxygen atoms in total. The van der Waals surface area contributed by atoms with Crippen molar-refractivity contribution < 1.29 is 18.4 Å². The van der Waals surface area contributed by atoms with Crippen LogP contribution < -0.4 is 0 Å². The lowest BCUT2D eigenvalue weighted by atomic mass is 10.4. The topological polar surface area (TPSA) is 44.8 Å². The second-order valence-electron chi connectivity index (χ2n) is 5.94. The van der Waals surface area contributed by atoms with Crippen molar-refractivity contribution in [2.75, 3.05) is 0 Å². The summed E-state index contributed by atoms with van der Waals surface area (Å²) in [4.78, 5) is 11.6. The first-order valence-corrected chi connectivity index (χ1v) is 12.7. The van der Waals surface area contributed by atoms with Crippen molar-refractivity contribution in [2.24, 2.45) is 0 Å². The molecular weight excluding hydrogens is 264 g/mol. The van der Waals surface area contributed by atoms with Crippen LogP contribution in [0.1, 0.15) is 13.8 Å². The van der Waals surface area contributed by atoms with E-state index >= 15 is 0 Å². The summed E-state index contributed by atoms with van der Waals surface area (Å²) >= 11 is 0. The number of ether oxygens (including phenoxy) is 1. The molecule has 0 radical (unpaired) electrons. The second kappa shape index (κ2) is 6.65. The molecule has 6 heteroatoms. The van der Waals surface area contributed by atoms with Crippen molar-refractivity contribution in [3.63, 3.8) is 0 Å². The predicted molar refractivity (Wildman–Crippen MR) is 78.2 cm³/mol. The number of carbonyl (C=O) groups is 1. The lowest BCUT2D eigenvalue weighted by molar-refractivity contribution is -0.209. The molecule has 0 rings (SSSR count). The molecule has 0 saturated heterocycles. The summed E-state index contributed by atoms with van der Waals surface area (Å²) in [6.07, 6.45) is 0. The van der Waals surface area contributed by atoms with Crippen molar-refractivity contribution in [3.05, 3.63) is 12.2 Å². The van der Waals surface area contributed by atoms with E-state index in [1.165, 1.54) is 0 Å². The first kappa shape index (κ1) is 17.6. The van der Waals surface area contributed by atoms with Gasteiger partial charge in [0, 0.05) is 5.57 Å². The van der Waals surface area contributed by atoms with Crippen LogP contribution in [0.15, 0.2) is 12.2 Å². The first-order chi connectivity index (χ1) is 7.97. The van der Waals surface area contributed by atoms with Gasteiger partial charge in [-0.1, -0.05) is 13.5 Å². The summed E-state index contributed by atoms with van der Waals surface area (Å²) in [6.45, 7) is 16.6. The highest BCUT2D eigenvalue weighted by Gasteiger charge is 2.31. The van der Waals surface area contributed by atoms with Gasteiger partial charge in [0.05, 0.1) is 0 Å². The average Bonchev–Trinajstić information content (AvgIpc) is 2.13. The van der Waals surface area contributed by atoms with Gasteiger partial charge in [-0.3, -0.25) is 0 Å². The Morgan fingerprint density at radius 2 is 1.67 bits per heavy atom. The third kappa shape index (κ3) is 7.81. The Labute approximate surface area is 113 Å². The van der Waals surface area contributed by atoms with E-state index in [0.717, 1.165) is 6.04 Å². The third-order valence-electron chi connectivity index (χ3n) is 2.27. The van der Waals surface area contributed by atoms with Gasteiger partial charge < -0.3 is 13.6 Å². The largest absolute Gasteiger partial charge is 0.409 e. The van der Waals surface area contributed by atoms with E-state index in [0.29, 0.717) is 5.57 Å². The van der Waals surface area contributed by atoms with Crippen LogP contribution in [-0.2, 0) is 18.4 Å². The van der Waals surface area contributed by atoms with Crippen LogP contribution in [0.3, 0.4) is 0 Å². The standard InChI is InChI=1S/C12H26O4Si2/c1-9-18(7,8)16-12(15-17(4,5)6)14-11(13)10(2)3/h12H,2,9H2,1,3-8H3. The lowest BCUT2D eigenvalue weighted by Gasteiger charge is -2.31. The van der Waals surface area contributed by atoms with Crippen LogP contribution in [0.25, 0.3) is 0 Å². The molecule has 0 aliphatic rings. The van der Waals surface area contributed by atoms with E-state index < -0.39 is 29.1 Å². The summed E-state index contributed by atoms with van der Waals surface area (Å²) in [5.41, 5.74) is 0.346. The Kier molecular flexibility index (Phi) is 6.49. The lowest BCUT2D eigenvalue weighted by Crippen LogP contribution is -2.43. The fourth-order valence-corrected chi connectivity index (χ4v) is 2.45. The van der Waals surface area contributed by atoms with Gasteiger partial charge in [-0.2, -0.15) is 0 Å². The monoisotopic (exact) mass is 290 g/mol. The summed E-state index contributed by atoms with van der Waals surface area (Å²) in [7, 11) is -3.70. The number of hydrogen-bond donors (Lipinski definition) is 0. The molecule has 106 valence electrons. The van der Waals surface area contributed by atoms with Crippen LogP contribution in [0.4, 0.5) is 0 Å². The zero-order valence-electron chi connectivity index (χ0n) is 12.6. The molecule has 0 aromatic rings. The van der Waals surface area contributed by atoms with Gasteiger partial charge in [-0.25, -0.2) is 4.79 Å². The maximum Gasteiger partial charge on any atom is 0.337 e. The van der Waals surface area contributed by atoms with Crippen molar-refractivity contribution in [3.8, 4) is 0 Å². The van der Waals surface area contributed by atoms with Gasteiger partial charge in [0.1, 0.15) is 0 Å². The van der Waals surface area contributed by atoms with Gasteiger partial charge >= 0.3 is 5.97 Å². The van der Waals surface area contributed by atoms with E-state index in [2.05, 4.69) is 26.6 Å². The minimum atomic E-state index is -1.85. The Morgan fingerprint density at radius 1 is 1.17 bits per heavy atom. The molecule has 0 saturated carbocycles. The normalized spacial score (nSPS) is 14.2. The van der Waals surface area contributed by atoms with Gasteiger partial charge in [-0.05, 0) is 45.7 Å². The SMILES string of the molecule is C=C(C)C(=O)OC(O[Si](C)(C)C)O[Si](C)(C)CC. The van der Waals surface area contributed by atoms with Crippen LogP contribution in [0.5, 0.6) is 0 Å². The molecule has 0 aromatic heterocycles. The first-order valence-electron chi connectivity index (χ1n) is 6.19.